The Kier molecular flexibility index (Phi) is 5.97. The minimum atomic E-state index is -1.11. The fourth-order valence-electron chi connectivity index (χ4n) is 2.01. The first kappa shape index (κ1) is 17.6. The highest BCUT2D eigenvalue weighted by Crippen LogP contribution is 2.22. The number of benzene rings is 2. The van der Waals surface area contributed by atoms with Gasteiger partial charge >= 0.3 is 5.97 Å². The number of halogens is 2. The largest absolute Gasteiger partial charge is 0.480 e. The van der Waals surface area contributed by atoms with Gasteiger partial charge in [-0.25, -0.2) is 13.6 Å². The van der Waals surface area contributed by atoms with Crippen molar-refractivity contribution in [1.29, 1.82) is 0 Å². The van der Waals surface area contributed by atoms with Crippen LogP contribution in [0.3, 0.4) is 0 Å². The molecule has 0 saturated heterocycles. The molecule has 2 N–H and O–H groups in total. The topological polar surface area (TPSA) is 75.6 Å². The van der Waals surface area contributed by atoms with Gasteiger partial charge in [-0.3, -0.25) is 4.79 Å². The quantitative estimate of drug-likeness (QED) is 0.762. The Hall–Kier alpha value is -2.80. The molecule has 0 aliphatic carbocycles. The van der Waals surface area contributed by atoms with E-state index < -0.39 is 24.3 Å². The van der Waals surface area contributed by atoms with E-state index in [0.29, 0.717) is 11.1 Å². The van der Waals surface area contributed by atoms with Gasteiger partial charge in [-0.1, -0.05) is 18.2 Å². The van der Waals surface area contributed by atoms with Gasteiger partial charge in [0.25, 0.3) is 5.91 Å². The summed E-state index contributed by atoms with van der Waals surface area (Å²) in [6.45, 7) is -0.394. The van der Waals surface area contributed by atoms with Gasteiger partial charge in [0.15, 0.2) is 0 Å². The van der Waals surface area contributed by atoms with Gasteiger partial charge in [0.2, 0.25) is 0 Å². The number of carboxylic acid groups (broad SMARTS) is 1. The molecular formula is C17H15F2NO4. The van der Waals surface area contributed by atoms with Crippen molar-refractivity contribution in [3.8, 4) is 11.1 Å². The lowest BCUT2D eigenvalue weighted by atomic mass is 10.0. The van der Waals surface area contributed by atoms with Crippen molar-refractivity contribution >= 4 is 11.9 Å². The molecule has 0 spiro atoms. The average Bonchev–Trinajstić information content (AvgIpc) is 2.54. The maximum atomic E-state index is 14.1. The number of carbonyl (C=O) groups is 2. The van der Waals surface area contributed by atoms with Crippen molar-refractivity contribution < 1.29 is 28.2 Å². The minimum absolute atomic E-state index is 0.00726. The fourth-order valence-corrected chi connectivity index (χ4v) is 2.01. The van der Waals surface area contributed by atoms with Gasteiger partial charge in [0.1, 0.15) is 18.2 Å². The smallest absolute Gasteiger partial charge is 0.329 e. The molecule has 0 radical (unpaired) electrons. The van der Waals surface area contributed by atoms with Crippen LogP contribution in [0, 0.1) is 11.6 Å². The second-order valence-electron chi connectivity index (χ2n) is 4.90. The molecule has 2 rings (SSSR count). The van der Waals surface area contributed by atoms with E-state index in [1.54, 1.807) is 6.07 Å². The van der Waals surface area contributed by atoms with Crippen LogP contribution < -0.4 is 5.32 Å². The number of ether oxygens (including phenoxy) is 1. The van der Waals surface area contributed by atoms with Gasteiger partial charge in [-0.05, 0) is 35.4 Å². The van der Waals surface area contributed by atoms with Crippen LogP contribution in [0.25, 0.3) is 11.1 Å². The van der Waals surface area contributed by atoms with Crippen LogP contribution in [0.2, 0.25) is 0 Å². The van der Waals surface area contributed by atoms with E-state index in [9.17, 15) is 18.4 Å². The molecule has 0 aromatic heterocycles. The zero-order valence-electron chi connectivity index (χ0n) is 12.6. The Morgan fingerprint density at radius 1 is 1.04 bits per heavy atom. The molecule has 5 nitrogen and oxygen atoms in total. The molecule has 0 atom stereocenters. The Balaban J connectivity index is 1.97. The number of hydrogen-bond acceptors (Lipinski definition) is 3. The normalized spacial score (nSPS) is 10.4. The third-order valence-electron chi connectivity index (χ3n) is 3.15. The number of amides is 1. The third-order valence-corrected chi connectivity index (χ3v) is 3.15. The summed E-state index contributed by atoms with van der Waals surface area (Å²) in [4.78, 5) is 22.1. The van der Waals surface area contributed by atoms with Crippen molar-refractivity contribution in [2.24, 2.45) is 0 Å². The highest BCUT2D eigenvalue weighted by molar-refractivity contribution is 5.95. The predicted octanol–water partition coefficient (Wildman–Crippen LogP) is 2.46. The van der Waals surface area contributed by atoms with E-state index in [4.69, 9.17) is 9.84 Å². The first-order valence-electron chi connectivity index (χ1n) is 7.10. The summed E-state index contributed by atoms with van der Waals surface area (Å²) in [7, 11) is 0. The Bertz CT molecular complexity index is 732. The minimum Gasteiger partial charge on any atom is -0.480 e. The van der Waals surface area contributed by atoms with Crippen molar-refractivity contribution in [3.63, 3.8) is 0 Å². The van der Waals surface area contributed by atoms with Crippen molar-refractivity contribution in [2.45, 2.75) is 0 Å². The van der Waals surface area contributed by atoms with Gasteiger partial charge in [0.05, 0.1) is 12.2 Å². The van der Waals surface area contributed by atoms with Crippen molar-refractivity contribution in [2.75, 3.05) is 19.8 Å². The van der Waals surface area contributed by atoms with Crippen LogP contribution in [-0.4, -0.2) is 36.7 Å². The SMILES string of the molecule is O=C(O)COCCNC(=O)c1ccc(-c2ccc(F)cc2)cc1F. The molecule has 7 heteroatoms. The average molecular weight is 335 g/mol. The molecule has 0 saturated carbocycles. The number of rotatable bonds is 7. The van der Waals surface area contributed by atoms with Crippen LogP contribution in [-0.2, 0) is 9.53 Å². The predicted molar refractivity (Wildman–Crippen MR) is 82.6 cm³/mol. The molecule has 1 amide bonds. The summed E-state index contributed by atoms with van der Waals surface area (Å²) < 4.78 is 31.8. The highest BCUT2D eigenvalue weighted by Gasteiger charge is 2.12. The maximum absolute atomic E-state index is 14.1. The summed E-state index contributed by atoms with van der Waals surface area (Å²) in [5.74, 6) is -2.83. The zero-order chi connectivity index (χ0) is 17.5. The first-order chi connectivity index (χ1) is 11.5. The Labute approximate surface area is 136 Å². The van der Waals surface area contributed by atoms with Crippen LogP contribution in [0.5, 0.6) is 0 Å². The molecule has 0 bridgehead atoms. The first-order valence-corrected chi connectivity index (χ1v) is 7.10. The molecule has 24 heavy (non-hydrogen) atoms. The lowest BCUT2D eigenvalue weighted by Crippen LogP contribution is -2.28. The van der Waals surface area contributed by atoms with Crippen molar-refractivity contribution in [3.05, 3.63) is 59.7 Å². The van der Waals surface area contributed by atoms with Gasteiger partial charge in [-0.2, -0.15) is 0 Å². The summed E-state index contributed by atoms with van der Waals surface area (Å²) in [5.41, 5.74) is 1.01. The molecule has 0 aliphatic heterocycles. The van der Waals surface area contributed by atoms with Crippen molar-refractivity contribution in [1.82, 2.24) is 5.32 Å². The Morgan fingerprint density at radius 3 is 2.33 bits per heavy atom. The number of hydrogen-bond donors (Lipinski definition) is 2. The van der Waals surface area contributed by atoms with Gasteiger partial charge in [-0.15, -0.1) is 0 Å². The van der Waals surface area contributed by atoms with E-state index in [-0.39, 0.29) is 24.5 Å². The van der Waals surface area contributed by atoms with E-state index in [0.717, 1.165) is 0 Å². The summed E-state index contributed by atoms with van der Waals surface area (Å²) in [6.07, 6.45) is 0. The fraction of sp³-hybridized carbons (Fsp3) is 0.176. The highest BCUT2D eigenvalue weighted by atomic mass is 19.1. The second kappa shape index (κ2) is 8.16. The second-order valence-corrected chi connectivity index (χ2v) is 4.90. The molecule has 0 fully saturated rings. The standard InChI is InChI=1S/C17H15F2NO4/c18-13-4-1-11(2-5-13)12-3-6-14(15(19)9-12)17(23)20-7-8-24-10-16(21)22/h1-6,9H,7-8,10H2,(H,20,23)(H,21,22). The monoisotopic (exact) mass is 335 g/mol. The van der Waals surface area contributed by atoms with Crippen LogP contribution >= 0.6 is 0 Å². The molecule has 0 unspecified atom stereocenters. The maximum Gasteiger partial charge on any atom is 0.329 e. The number of aliphatic carboxylic acids is 1. The van der Waals surface area contributed by atoms with Crippen LogP contribution in [0.1, 0.15) is 10.4 Å². The zero-order valence-corrected chi connectivity index (χ0v) is 12.6. The number of carbonyl (C=O) groups excluding carboxylic acids is 1. The van der Waals surface area contributed by atoms with Gasteiger partial charge in [0, 0.05) is 6.54 Å². The van der Waals surface area contributed by atoms with Gasteiger partial charge < -0.3 is 15.2 Å². The summed E-state index contributed by atoms with van der Waals surface area (Å²) in [6, 6.07) is 9.67. The third kappa shape index (κ3) is 4.85. The molecule has 0 aliphatic rings. The number of carboxylic acids is 1. The van der Waals surface area contributed by atoms with E-state index in [1.807, 2.05) is 0 Å². The van der Waals surface area contributed by atoms with Crippen LogP contribution in [0.15, 0.2) is 42.5 Å². The van der Waals surface area contributed by atoms with Crippen LogP contribution in [0.4, 0.5) is 8.78 Å². The molecular weight excluding hydrogens is 320 g/mol. The Morgan fingerprint density at radius 2 is 1.71 bits per heavy atom. The lowest BCUT2D eigenvalue weighted by molar-refractivity contribution is -0.142. The summed E-state index contributed by atoms with van der Waals surface area (Å²) >= 11 is 0. The summed E-state index contributed by atoms with van der Waals surface area (Å²) in [5, 5.41) is 10.8. The molecule has 0 heterocycles. The molecule has 2 aromatic carbocycles. The lowest BCUT2D eigenvalue weighted by Gasteiger charge is -2.08. The van der Waals surface area contributed by atoms with E-state index in [1.165, 1.54) is 36.4 Å². The molecule has 2 aromatic rings. The van der Waals surface area contributed by atoms with E-state index >= 15 is 0 Å². The molecule has 126 valence electrons. The van der Waals surface area contributed by atoms with E-state index in [2.05, 4.69) is 5.32 Å². The number of nitrogens with one attached hydrogen (secondary N) is 1.